The maximum Gasteiger partial charge on any atom is 0.267 e. The van der Waals surface area contributed by atoms with Gasteiger partial charge in [-0.2, -0.15) is 0 Å². The van der Waals surface area contributed by atoms with Gasteiger partial charge in [-0.3, -0.25) is 19.0 Å². The number of carbonyl (C=O) groups excluding carboxylic acids is 2. The molecule has 188 valence electrons. The number of hydrogen-bond donors (Lipinski definition) is 2. The van der Waals surface area contributed by atoms with Crippen LogP contribution in [0.1, 0.15) is 23.2 Å². The first-order chi connectivity index (χ1) is 18.5. The summed E-state index contributed by atoms with van der Waals surface area (Å²) in [6, 6.07) is 18.7. The fourth-order valence-corrected chi connectivity index (χ4v) is 3.83. The number of amides is 2. The minimum atomic E-state index is -0.549. The average Bonchev–Trinajstić information content (AvgIpc) is 3.71. The standard InChI is InChI=1S/C27H21N7O4/c35-25(17-8-9-17)31-21-16-34-22(30-21)11-13-24(32-34)38-23-12-10-18(15-28-23)29-26(36)20-7-4-14-33(27(20)37)19-5-2-1-3-6-19/h1-7,10-17H,8-9H2,(H,29,36)(H,31,35). The third kappa shape index (κ3) is 4.85. The van der Waals surface area contributed by atoms with Crippen LogP contribution < -0.4 is 20.9 Å². The lowest BCUT2D eigenvalue weighted by atomic mass is 10.2. The molecule has 2 N–H and O–H groups in total. The molecule has 0 radical (unpaired) electrons. The van der Waals surface area contributed by atoms with Crippen molar-refractivity contribution in [2.75, 3.05) is 10.6 Å². The van der Waals surface area contributed by atoms with Gasteiger partial charge in [0, 0.05) is 29.9 Å². The number of nitrogens with zero attached hydrogens (tertiary/aromatic N) is 5. The highest BCUT2D eigenvalue weighted by Gasteiger charge is 2.30. The zero-order valence-corrected chi connectivity index (χ0v) is 19.9. The molecular formula is C27H21N7O4. The van der Waals surface area contributed by atoms with Gasteiger partial charge in [0.2, 0.25) is 17.7 Å². The predicted molar refractivity (Wildman–Crippen MR) is 139 cm³/mol. The van der Waals surface area contributed by atoms with Crippen molar-refractivity contribution >= 4 is 29.0 Å². The Balaban J connectivity index is 1.13. The first-order valence-electron chi connectivity index (χ1n) is 11.9. The van der Waals surface area contributed by atoms with Crippen LogP contribution in [0, 0.1) is 5.92 Å². The van der Waals surface area contributed by atoms with Gasteiger partial charge in [-0.05, 0) is 49.2 Å². The van der Waals surface area contributed by atoms with Gasteiger partial charge in [-0.1, -0.05) is 18.2 Å². The van der Waals surface area contributed by atoms with Gasteiger partial charge in [-0.25, -0.2) is 14.5 Å². The van der Waals surface area contributed by atoms with Gasteiger partial charge >= 0.3 is 0 Å². The molecule has 2 amide bonds. The summed E-state index contributed by atoms with van der Waals surface area (Å²) in [5, 5.41) is 9.83. The van der Waals surface area contributed by atoms with Gasteiger partial charge in [0.05, 0.1) is 18.1 Å². The predicted octanol–water partition coefficient (Wildman–Crippen LogP) is 3.67. The van der Waals surface area contributed by atoms with E-state index in [1.165, 1.54) is 21.3 Å². The number of carbonyl (C=O) groups is 2. The molecule has 0 spiro atoms. The highest BCUT2D eigenvalue weighted by Crippen LogP contribution is 2.30. The number of anilines is 2. The van der Waals surface area contributed by atoms with E-state index in [-0.39, 0.29) is 29.1 Å². The van der Waals surface area contributed by atoms with E-state index in [2.05, 4.69) is 25.7 Å². The Bertz CT molecular complexity index is 1710. The quantitative estimate of drug-likeness (QED) is 0.343. The first kappa shape index (κ1) is 23.1. The molecule has 0 unspecified atom stereocenters. The minimum absolute atomic E-state index is 0.00204. The molecule has 1 saturated carbocycles. The Morgan fingerprint density at radius 1 is 0.921 bits per heavy atom. The zero-order valence-electron chi connectivity index (χ0n) is 19.9. The summed E-state index contributed by atoms with van der Waals surface area (Å²) in [6.07, 6.45) is 6.47. The molecule has 1 fully saturated rings. The summed E-state index contributed by atoms with van der Waals surface area (Å²) < 4.78 is 8.65. The third-order valence-electron chi connectivity index (χ3n) is 5.92. The number of imidazole rings is 1. The number of benzene rings is 1. The molecule has 0 atom stereocenters. The van der Waals surface area contributed by atoms with Crippen molar-refractivity contribution in [1.29, 1.82) is 0 Å². The number of hydrogen-bond acceptors (Lipinski definition) is 7. The van der Waals surface area contributed by atoms with E-state index < -0.39 is 11.5 Å². The number of nitrogens with one attached hydrogen (secondary N) is 2. The van der Waals surface area contributed by atoms with Gasteiger partial charge in [-0.15, -0.1) is 5.10 Å². The van der Waals surface area contributed by atoms with Crippen molar-refractivity contribution in [3.8, 4) is 17.4 Å². The van der Waals surface area contributed by atoms with Crippen LogP contribution in [0.2, 0.25) is 0 Å². The number of pyridine rings is 2. The van der Waals surface area contributed by atoms with Crippen LogP contribution in [0.15, 0.2) is 90.1 Å². The molecule has 11 heteroatoms. The Morgan fingerprint density at radius 3 is 2.50 bits per heavy atom. The Morgan fingerprint density at radius 2 is 1.74 bits per heavy atom. The number of para-hydroxylation sites is 1. The molecule has 0 bridgehead atoms. The molecule has 11 nitrogen and oxygen atoms in total. The molecule has 0 saturated heterocycles. The van der Waals surface area contributed by atoms with E-state index in [4.69, 9.17) is 4.74 Å². The lowest BCUT2D eigenvalue weighted by molar-refractivity contribution is -0.117. The van der Waals surface area contributed by atoms with Gasteiger partial charge in [0.1, 0.15) is 5.56 Å². The van der Waals surface area contributed by atoms with Crippen molar-refractivity contribution in [2.24, 2.45) is 5.92 Å². The van der Waals surface area contributed by atoms with E-state index in [0.29, 0.717) is 22.8 Å². The molecule has 4 aromatic heterocycles. The summed E-state index contributed by atoms with van der Waals surface area (Å²) in [5.41, 5.74) is 1.19. The smallest absolute Gasteiger partial charge is 0.267 e. The molecule has 0 aliphatic heterocycles. The maximum atomic E-state index is 12.9. The summed E-state index contributed by atoms with van der Waals surface area (Å²) in [6.45, 7) is 0. The SMILES string of the molecule is O=C(Nc1ccc(Oc2ccc3nc(NC(=O)C4CC4)cn3n2)nc1)c1cccn(-c2ccccc2)c1=O. The number of ether oxygens (including phenoxy) is 1. The van der Waals surface area contributed by atoms with Gasteiger partial charge < -0.3 is 15.4 Å². The zero-order chi connectivity index (χ0) is 26.1. The molecule has 1 aromatic carbocycles. The fraction of sp³-hybridized carbons (Fsp3) is 0.111. The van der Waals surface area contributed by atoms with E-state index in [1.54, 1.807) is 54.9 Å². The molecule has 1 aliphatic rings. The van der Waals surface area contributed by atoms with E-state index in [1.807, 2.05) is 18.2 Å². The summed E-state index contributed by atoms with van der Waals surface area (Å²) in [5.74, 6) is 0.446. The second kappa shape index (κ2) is 9.62. The Hall–Kier alpha value is -5.32. The van der Waals surface area contributed by atoms with Crippen molar-refractivity contribution in [3.05, 3.63) is 101 Å². The highest BCUT2D eigenvalue weighted by atomic mass is 16.5. The highest BCUT2D eigenvalue weighted by molar-refractivity contribution is 6.04. The van der Waals surface area contributed by atoms with Crippen LogP contribution in [-0.2, 0) is 4.79 Å². The van der Waals surface area contributed by atoms with Crippen molar-refractivity contribution in [2.45, 2.75) is 12.8 Å². The Labute approximate surface area is 215 Å². The average molecular weight is 508 g/mol. The topological polar surface area (TPSA) is 133 Å². The number of fused-ring (bicyclic) bond motifs is 1. The van der Waals surface area contributed by atoms with Crippen LogP contribution in [0.5, 0.6) is 11.8 Å². The second-order valence-electron chi connectivity index (χ2n) is 8.74. The molecule has 5 aromatic rings. The molecule has 4 heterocycles. The minimum Gasteiger partial charge on any atom is -0.419 e. The first-order valence-corrected chi connectivity index (χ1v) is 11.9. The van der Waals surface area contributed by atoms with Crippen LogP contribution in [0.4, 0.5) is 11.5 Å². The summed E-state index contributed by atoms with van der Waals surface area (Å²) >= 11 is 0. The lowest BCUT2D eigenvalue weighted by Gasteiger charge is -2.09. The van der Waals surface area contributed by atoms with Crippen LogP contribution in [0.25, 0.3) is 11.3 Å². The van der Waals surface area contributed by atoms with E-state index in [0.717, 1.165) is 12.8 Å². The normalized spacial score (nSPS) is 12.7. The van der Waals surface area contributed by atoms with Crippen molar-refractivity contribution < 1.29 is 14.3 Å². The monoisotopic (exact) mass is 507 g/mol. The molecular weight excluding hydrogens is 486 g/mol. The lowest BCUT2D eigenvalue weighted by Crippen LogP contribution is -2.27. The number of aromatic nitrogens is 5. The second-order valence-corrected chi connectivity index (χ2v) is 8.74. The van der Waals surface area contributed by atoms with Crippen LogP contribution in [0.3, 0.4) is 0 Å². The fourth-order valence-electron chi connectivity index (χ4n) is 3.83. The molecule has 1 aliphatic carbocycles. The summed E-state index contributed by atoms with van der Waals surface area (Å²) in [4.78, 5) is 46.2. The van der Waals surface area contributed by atoms with Gasteiger partial charge in [0.15, 0.2) is 11.5 Å². The van der Waals surface area contributed by atoms with Crippen molar-refractivity contribution in [3.63, 3.8) is 0 Å². The van der Waals surface area contributed by atoms with Crippen LogP contribution in [-0.4, -0.2) is 36.0 Å². The largest absolute Gasteiger partial charge is 0.419 e. The van der Waals surface area contributed by atoms with E-state index in [9.17, 15) is 14.4 Å². The third-order valence-corrected chi connectivity index (χ3v) is 5.92. The maximum absolute atomic E-state index is 12.9. The summed E-state index contributed by atoms with van der Waals surface area (Å²) in [7, 11) is 0. The van der Waals surface area contributed by atoms with E-state index >= 15 is 0 Å². The van der Waals surface area contributed by atoms with Crippen LogP contribution >= 0.6 is 0 Å². The Kier molecular flexibility index (Phi) is 5.85. The molecule has 6 rings (SSSR count). The molecule has 38 heavy (non-hydrogen) atoms. The van der Waals surface area contributed by atoms with Crippen molar-refractivity contribution in [1.82, 2.24) is 24.1 Å². The number of rotatable bonds is 7. The van der Waals surface area contributed by atoms with Gasteiger partial charge in [0.25, 0.3) is 11.5 Å².